The largest absolute Gasteiger partial charge is 0.264 e. The maximum atomic E-state index is 4.47. The fourth-order valence-electron chi connectivity index (χ4n) is 3.92. The molecule has 0 aliphatic rings. The van der Waals surface area contributed by atoms with E-state index in [0.717, 1.165) is 0 Å². The first kappa shape index (κ1) is 14.4. The molecule has 0 bridgehead atoms. The van der Waals surface area contributed by atoms with E-state index in [2.05, 4.69) is 76.0 Å². The van der Waals surface area contributed by atoms with Gasteiger partial charge in [0, 0.05) is 57.7 Å². The number of pyridine rings is 3. The molecule has 1 atom stereocenters. The standard InChI is InChI=1S/C21H13N3P2/c1-2-4-18-14(3-1)15-5-8-22-11-19(15)25(18)26-20-12-23-9-6-16(20)17-7-10-24-13-21(17)26/h1-13H. The van der Waals surface area contributed by atoms with Crippen molar-refractivity contribution in [1.29, 1.82) is 0 Å². The van der Waals surface area contributed by atoms with Crippen molar-refractivity contribution in [1.82, 2.24) is 15.0 Å². The topological polar surface area (TPSA) is 38.7 Å². The highest BCUT2D eigenvalue weighted by Crippen LogP contribution is 2.71. The van der Waals surface area contributed by atoms with E-state index in [1.165, 1.54) is 42.0 Å². The van der Waals surface area contributed by atoms with E-state index in [0.29, 0.717) is 0 Å². The predicted molar refractivity (Wildman–Crippen MR) is 113 cm³/mol. The molecule has 0 aliphatic carbocycles. The van der Waals surface area contributed by atoms with Gasteiger partial charge < -0.3 is 0 Å². The summed E-state index contributed by atoms with van der Waals surface area (Å²) in [6.45, 7) is 0. The Kier molecular flexibility index (Phi) is 2.99. The zero-order chi connectivity index (χ0) is 17.1. The van der Waals surface area contributed by atoms with Gasteiger partial charge in [0.2, 0.25) is 0 Å². The zero-order valence-electron chi connectivity index (χ0n) is 13.7. The van der Waals surface area contributed by atoms with Crippen molar-refractivity contribution in [3.05, 3.63) is 79.6 Å². The van der Waals surface area contributed by atoms with Crippen LogP contribution in [0.3, 0.4) is 0 Å². The minimum atomic E-state index is -0.551. The van der Waals surface area contributed by atoms with Crippen molar-refractivity contribution in [3.8, 4) is 0 Å². The van der Waals surface area contributed by atoms with E-state index in [1.807, 2.05) is 18.6 Å². The maximum Gasteiger partial charge on any atom is 0.0392 e. The molecule has 3 nitrogen and oxygen atoms in total. The average molecular weight is 369 g/mol. The molecule has 5 heterocycles. The SMILES string of the molecule is c1ccc2c(c1)c1ccncc1p2-p1c2cnccc2c2ccncc21. The molecular weight excluding hydrogens is 356 g/mol. The second-order valence-electron chi connectivity index (χ2n) is 6.32. The van der Waals surface area contributed by atoms with Gasteiger partial charge >= 0.3 is 0 Å². The second kappa shape index (κ2) is 5.38. The van der Waals surface area contributed by atoms with E-state index >= 15 is 0 Å². The van der Waals surface area contributed by atoms with E-state index in [-0.39, 0.29) is 0 Å². The molecule has 0 N–H and O–H groups in total. The molecule has 5 aromatic heterocycles. The Hall–Kier alpha value is -2.73. The number of benzene rings is 1. The Bertz CT molecular complexity index is 1230. The molecule has 26 heavy (non-hydrogen) atoms. The monoisotopic (exact) mass is 369 g/mol. The van der Waals surface area contributed by atoms with Crippen LogP contribution in [0.4, 0.5) is 0 Å². The van der Waals surface area contributed by atoms with E-state index in [9.17, 15) is 0 Å². The number of nitrogens with zero attached hydrogens (tertiary/aromatic N) is 3. The third-order valence-electron chi connectivity index (χ3n) is 5.00. The second-order valence-corrected chi connectivity index (χ2v) is 11.9. The number of aromatic nitrogens is 3. The fourth-order valence-corrected chi connectivity index (χ4v) is 12.3. The number of fused-ring (bicyclic) bond motifs is 6. The molecule has 6 rings (SSSR count). The highest BCUT2D eigenvalue weighted by Gasteiger charge is 2.19. The molecule has 0 saturated carbocycles. The molecule has 122 valence electrons. The summed E-state index contributed by atoms with van der Waals surface area (Å²) >= 11 is 0. The minimum absolute atomic E-state index is 0.529. The highest BCUT2D eigenvalue weighted by atomic mass is 32.0. The molecule has 6 aromatic rings. The van der Waals surface area contributed by atoms with E-state index < -0.39 is 14.4 Å². The molecule has 5 heteroatoms. The summed E-state index contributed by atoms with van der Waals surface area (Å²) in [6, 6.07) is 15.3. The van der Waals surface area contributed by atoms with Gasteiger partial charge in [-0.1, -0.05) is 32.6 Å². The summed E-state index contributed by atoms with van der Waals surface area (Å²) in [5, 5.41) is 10.9. The lowest BCUT2D eigenvalue weighted by molar-refractivity contribution is 1.37. The normalized spacial score (nSPS) is 12.5. The number of hydrogen-bond acceptors (Lipinski definition) is 3. The summed E-state index contributed by atoms with van der Waals surface area (Å²) in [5.41, 5.74) is 0. The average Bonchev–Trinajstić information content (AvgIpc) is 3.21. The zero-order valence-corrected chi connectivity index (χ0v) is 15.5. The van der Waals surface area contributed by atoms with E-state index in [4.69, 9.17) is 0 Å². The summed E-state index contributed by atoms with van der Waals surface area (Å²) in [7, 11) is -1.08. The molecule has 0 amide bonds. The van der Waals surface area contributed by atoms with Gasteiger partial charge in [0.05, 0.1) is 0 Å². The lowest BCUT2D eigenvalue weighted by Crippen LogP contribution is -1.69. The number of rotatable bonds is 1. The third kappa shape index (κ3) is 1.82. The summed E-state index contributed by atoms with van der Waals surface area (Å²) < 4.78 is 0. The first-order valence-electron chi connectivity index (χ1n) is 8.45. The van der Waals surface area contributed by atoms with Gasteiger partial charge in [-0.3, -0.25) is 15.0 Å². The van der Waals surface area contributed by atoms with Crippen molar-refractivity contribution < 1.29 is 0 Å². The Morgan fingerprint density at radius 1 is 0.462 bits per heavy atom. The lowest BCUT2D eigenvalue weighted by atomic mass is 10.2. The van der Waals surface area contributed by atoms with Crippen LogP contribution in [-0.4, -0.2) is 15.0 Å². The van der Waals surface area contributed by atoms with Crippen molar-refractivity contribution >= 4 is 56.5 Å². The molecule has 1 unspecified atom stereocenters. The molecule has 0 aliphatic heterocycles. The highest BCUT2D eigenvalue weighted by molar-refractivity contribution is 8.29. The maximum absolute atomic E-state index is 4.47. The molecule has 0 spiro atoms. The van der Waals surface area contributed by atoms with Gasteiger partial charge in [0.15, 0.2) is 0 Å². The predicted octanol–water partition coefficient (Wildman–Crippen LogP) is 6.77. The van der Waals surface area contributed by atoms with Gasteiger partial charge in [-0.05, 0) is 45.8 Å². The van der Waals surface area contributed by atoms with Gasteiger partial charge in [0.1, 0.15) is 0 Å². The quantitative estimate of drug-likeness (QED) is 0.321. The van der Waals surface area contributed by atoms with Crippen molar-refractivity contribution in [3.63, 3.8) is 0 Å². The summed E-state index contributed by atoms with van der Waals surface area (Å²) in [5.74, 6) is 0. The third-order valence-corrected chi connectivity index (χ3v) is 12.5. The Balaban J connectivity index is 1.93. The molecule has 0 fully saturated rings. The smallest absolute Gasteiger partial charge is 0.0392 e. The van der Waals surface area contributed by atoms with Gasteiger partial charge in [-0.15, -0.1) is 0 Å². The molecular formula is C21H13N3P2. The minimum Gasteiger partial charge on any atom is -0.264 e. The van der Waals surface area contributed by atoms with Crippen LogP contribution in [0, 0.1) is 0 Å². The van der Waals surface area contributed by atoms with Crippen LogP contribution in [0.25, 0.3) is 42.0 Å². The summed E-state index contributed by atoms with van der Waals surface area (Å²) in [6.07, 6.45) is 11.9. The fraction of sp³-hybridized carbons (Fsp3) is 0. The van der Waals surface area contributed by atoms with Crippen LogP contribution >= 0.6 is 14.4 Å². The van der Waals surface area contributed by atoms with Crippen molar-refractivity contribution in [2.24, 2.45) is 0 Å². The molecule has 0 saturated heterocycles. The van der Waals surface area contributed by atoms with Gasteiger partial charge in [-0.2, -0.15) is 0 Å². The Labute approximate surface area is 151 Å². The first-order valence-corrected chi connectivity index (χ1v) is 11.8. The van der Waals surface area contributed by atoms with Crippen LogP contribution in [0.1, 0.15) is 0 Å². The summed E-state index contributed by atoms with van der Waals surface area (Å²) in [4.78, 5) is 13.4. The Morgan fingerprint density at radius 3 is 1.42 bits per heavy atom. The van der Waals surface area contributed by atoms with Crippen LogP contribution < -0.4 is 0 Å². The lowest BCUT2D eigenvalue weighted by Gasteiger charge is -2.04. The van der Waals surface area contributed by atoms with Crippen LogP contribution in [-0.2, 0) is 0 Å². The van der Waals surface area contributed by atoms with Gasteiger partial charge in [0.25, 0.3) is 0 Å². The first-order chi connectivity index (χ1) is 12.9. The van der Waals surface area contributed by atoms with E-state index in [1.54, 1.807) is 0 Å². The van der Waals surface area contributed by atoms with Crippen LogP contribution in [0.15, 0.2) is 79.6 Å². The Morgan fingerprint density at radius 2 is 0.885 bits per heavy atom. The molecule has 1 aromatic carbocycles. The van der Waals surface area contributed by atoms with Crippen LogP contribution in [0.2, 0.25) is 0 Å². The van der Waals surface area contributed by atoms with Crippen LogP contribution in [0.5, 0.6) is 0 Å². The number of hydrogen-bond donors (Lipinski definition) is 0. The van der Waals surface area contributed by atoms with Crippen molar-refractivity contribution in [2.75, 3.05) is 0 Å². The van der Waals surface area contributed by atoms with Gasteiger partial charge in [-0.25, -0.2) is 0 Å². The van der Waals surface area contributed by atoms with Crippen molar-refractivity contribution in [2.45, 2.75) is 0 Å². The molecule has 0 radical (unpaired) electrons.